The van der Waals surface area contributed by atoms with Gasteiger partial charge in [-0.05, 0) is 6.07 Å². The first-order chi connectivity index (χ1) is 19.2. The van der Waals surface area contributed by atoms with Crippen molar-refractivity contribution in [2.75, 3.05) is 28.4 Å². The van der Waals surface area contributed by atoms with E-state index in [1.807, 2.05) is 0 Å². The van der Waals surface area contributed by atoms with Gasteiger partial charge in [0.05, 0.1) is 28.4 Å². The Morgan fingerprint density at radius 1 is 0.600 bits per heavy atom. The van der Waals surface area contributed by atoms with Crippen molar-refractivity contribution >= 4 is 23.9 Å². The lowest BCUT2D eigenvalue weighted by atomic mass is 9.93. The summed E-state index contributed by atoms with van der Waals surface area (Å²) < 4.78 is 43.9. The van der Waals surface area contributed by atoms with E-state index in [4.69, 9.17) is 37.9 Å². The first kappa shape index (κ1) is 29.2. The normalized spacial score (nSPS) is 24.6. The maximum Gasteiger partial charge on any atom is 0.338 e. The van der Waals surface area contributed by atoms with Gasteiger partial charge < -0.3 is 37.9 Å². The van der Waals surface area contributed by atoms with Gasteiger partial charge in [-0.3, -0.25) is 0 Å². The van der Waals surface area contributed by atoms with Gasteiger partial charge in [-0.1, -0.05) is 55.5 Å². The summed E-state index contributed by atoms with van der Waals surface area (Å²) in [6.07, 6.45) is -5.51. The van der Waals surface area contributed by atoms with E-state index in [2.05, 4.69) is 0 Å². The Balaban J connectivity index is 1.85. The van der Waals surface area contributed by atoms with E-state index in [1.54, 1.807) is 61.5 Å². The second-order valence-corrected chi connectivity index (χ2v) is 8.92. The molecule has 0 aliphatic carbocycles. The molecule has 40 heavy (non-hydrogen) atoms. The third kappa shape index (κ3) is 4.94. The molecule has 12 heteroatoms. The van der Waals surface area contributed by atoms with Crippen LogP contribution in [0.4, 0.5) is 0 Å². The predicted octanol–water partition coefficient (Wildman–Crippen LogP) is 1.71. The molecule has 2 heterocycles. The van der Waals surface area contributed by atoms with Crippen molar-refractivity contribution in [3.63, 3.8) is 0 Å². The zero-order chi connectivity index (χ0) is 29.1. The molecular weight excluding hydrogens is 528 g/mol. The van der Waals surface area contributed by atoms with Crippen molar-refractivity contribution in [1.82, 2.24) is 0 Å². The number of carbonyl (C=O) groups is 4. The number of hydrogen-bond donors (Lipinski definition) is 0. The first-order valence-corrected chi connectivity index (χ1v) is 12.4. The minimum atomic E-state index is -1.77. The van der Waals surface area contributed by atoms with Crippen LogP contribution in [0.3, 0.4) is 0 Å². The molecule has 2 aromatic rings. The van der Waals surface area contributed by atoms with E-state index in [9.17, 15) is 19.2 Å². The van der Waals surface area contributed by atoms with Crippen LogP contribution in [0.2, 0.25) is 0 Å². The summed E-state index contributed by atoms with van der Waals surface area (Å²) in [5.74, 6) is -6.64. The fraction of sp³-hybridized carbons (Fsp3) is 0.429. The molecule has 214 valence electrons. The monoisotopic (exact) mass is 558 g/mol. The van der Waals surface area contributed by atoms with Gasteiger partial charge in [0.15, 0.2) is 30.2 Å². The highest BCUT2D eigenvalue weighted by molar-refractivity contribution is 5.87. The van der Waals surface area contributed by atoms with Gasteiger partial charge in [-0.25, -0.2) is 19.2 Å². The summed E-state index contributed by atoms with van der Waals surface area (Å²) in [5.41, 5.74) is 1.21. The smallest absolute Gasteiger partial charge is 0.338 e. The molecule has 0 spiro atoms. The largest absolute Gasteiger partial charge is 0.467 e. The Hall–Kier alpha value is -3.84. The number of benzene rings is 2. The van der Waals surface area contributed by atoms with Gasteiger partial charge in [-0.15, -0.1) is 0 Å². The lowest BCUT2D eigenvalue weighted by Crippen LogP contribution is -2.38. The molecule has 2 aliphatic rings. The minimum absolute atomic E-state index is 0.174. The van der Waals surface area contributed by atoms with E-state index in [1.165, 1.54) is 28.4 Å². The molecule has 2 aliphatic heterocycles. The van der Waals surface area contributed by atoms with Crippen LogP contribution in [0.5, 0.6) is 0 Å². The molecule has 0 N–H and O–H groups in total. The maximum absolute atomic E-state index is 12.7. The van der Waals surface area contributed by atoms with E-state index in [0.29, 0.717) is 16.7 Å². The third-order valence-electron chi connectivity index (χ3n) is 6.81. The van der Waals surface area contributed by atoms with Crippen molar-refractivity contribution in [3.05, 3.63) is 71.3 Å². The molecular formula is C28H30O12. The zero-order valence-electron chi connectivity index (χ0n) is 22.6. The lowest BCUT2D eigenvalue weighted by molar-refractivity contribution is -0.197. The standard InChI is InChI=1S/C28H30O12/c1-6-27(37-19(23(29)33-2)20(38-27)24(30)34-3)17-13-10-14-18(15-17)28(16-11-8-7-9-12-16)39-21(25(31)35-4)22(40-28)26(32)36-5/h7-15,19-22H,6H2,1-5H3/t19-,20-,21-,22-/m1/s1. The first-order valence-electron chi connectivity index (χ1n) is 12.4. The fourth-order valence-corrected chi connectivity index (χ4v) is 4.79. The molecule has 0 bridgehead atoms. The summed E-state index contributed by atoms with van der Waals surface area (Å²) in [5, 5.41) is 0. The van der Waals surface area contributed by atoms with Crippen LogP contribution in [-0.2, 0) is 68.6 Å². The summed E-state index contributed by atoms with van der Waals surface area (Å²) in [4.78, 5) is 50.3. The molecule has 0 saturated carbocycles. The van der Waals surface area contributed by atoms with Crippen molar-refractivity contribution < 1.29 is 57.1 Å². The third-order valence-corrected chi connectivity index (χ3v) is 6.81. The van der Waals surface area contributed by atoms with E-state index >= 15 is 0 Å². The average Bonchev–Trinajstić information content (AvgIpc) is 3.62. The Labute approximate surface area is 230 Å². The molecule has 0 amide bonds. The van der Waals surface area contributed by atoms with Crippen LogP contribution >= 0.6 is 0 Å². The van der Waals surface area contributed by atoms with Crippen molar-refractivity contribution in [2.45, 2.75) is 49.3 Å². The Kier molecular flexibility index (Phi) is 8.54. The molecule has 2 saturated heterocycles. The summed E-state index contributed by atoms with van der Waals surface area (Å²) >= 11 is 0. The summed E-state index contributed by atoms with van der Waals surface area (Å²) in [7, 11) is 4.66. The van der Waals surface area contributed by atoms with Crippen molar-refractivity contribution in [3.8, 4) is 0 Å². The predicted molar refractivity (Wildman–Crippen MR) is 133 cm³/mol. The minimum Gasteiger partial charge on any atom is -0.467 e. The Morgan fingerprint density at radius 2 is 1.00 bits per heavy atom. The van der Waals surface area contributed by atoms with Crippen LogP contribution in [0.1, 0.15) is 30.0 Å². The number of hydrogen-bond acceptors (Lipinski definition) is 12. The molecule has 0 aromatic heterocycles. The van der Waals surface area contributed by atoms with Gasteiger partial charge in [0.1, 0.15) is 0 Å². The fourth-order valence-electron chi connectivity index (χ4n) is 4.79. The number of methoxy groups -OCH3 is 4. The number of rotatable bonds is 8. The highest BCUT2D eigenvalue weighted by Crippen LogP contribution is 2.47. The number of esters is 4. The second-order valence-electron chi connectivity index (χ2n) is 8.92. The van der Waals surface area contributed by atoms with Crippen molar-refractivity contribution in [2.24, 2.45) is 0 Å². The Bertz CT molecular complexity index is 1210. The molecule has 12 nitrogen and oxygen atoms in total. The van der Waals surface area contributed by atoms with E-state index in [0.717, 1.165) is 0 Å². The van der Waals surface area contributed by atoms with Gasteiger partial charge >= 0.3 is 23.9 Å². The van der Waals surface area contributed by atoms with Gasteiger partial charge in [0, 0.05) is 23.1 Å². The van der Waals surface area contributed by atoms with Gasteiger partial charge in [-0.2, -0.15) is 0 Å². The second kappa shape index (κ2) is 11.7. The lowest BCUT2D eigenvalue weighted by Gasteiger charge is -2.32. The molecule has 0 radical (unpaired) electrons. The highest BCUT2D eigenvalue weighted by Gasteiger charge is 2.58. The van der Waals surface area contributed by atoms with E-state index < -0.39 is 59.9 Å². The quantitative estimate of drug-likeness (QED) is 0.344. The average molecular weight is 559 g/mol. The molecule has 4 rings (SSSR count). The SMILES string of the molecule is CCC1(c2cccc(C3(c4ccccc4)O[C@@H](C(=O)OC)[C@H](C(=O)OC)O3)c2)O[C@@H](C(=O)OC)[C@H](C(=O)OC)O1. The van der Waals surface area contributed by atoms with Crippen LogP contribution in [0.15, 0.2) is 54.6 Å². The molecule has 4 atom stereocenters. The molecule has 2 aromatic carbocycles. The van der Waals surface area contributed by atoms with Crippen LogP contribution < -0.4 is 0 Å². The van der Waals surface area contributed by atoms with Crippen LogP contribution in [0, 0.1) is 0 Å². The van der Waals surface area contributed by atoms with Crippen molar-refractivity contribution in [1.29, 1.82) is 0 Å². The van der Waals surface area contributed by atoms with E-state index in [-0.39, 0.29) is 6.42 Å². The van der Waals surface area contributed by atoms with Gasteiger partial charge in [0.25, 0.3) is 0 Å². The summed E-state index contributed by atoms with van der Waals surface area (Å²) in [6, 6.07) is 15.3. The summed E-state index contributed by atoms with van der Waals surface area (Å²) in [6.45, 7) is 1.75. The zero-order valence-corrected chi connectivity index (χ0v) is 22.6. The maximum atomic E-state index is 12.7. The number of carbonyl (C=O) groups excluding carboxylic acids is 4. The molecule has 0 unspecified atom stereocenters. The van der Waals surface area contributed by atoms with Gasteiger partial charge in [0.2, 0.25) is 5.79 Å². The Morgan fingerprint density at radius 3 is 1.43 bits per heavy atom. The number of ether oxygens (including phenoxy) is 8. The topological polar surface area (TPSA) is 142 Å². The van der Waals surface area contributed by atoms with Crippen LogP contribution in [-0.4, -0.2) is 76.7 Å². The molecule has 2 fully saturated rings. The van der Waals surface area contributed by atoms with Crippen LogP contribution in [0.25, 0.3) is 0 Å². The highest BCUT2D eigenvalue weighted by atomic mass is 16.8.